The molecule has 0 fully saturated rings. The smallest absolute Gasteiger partial charge is 0.339 e. The van der Waals surface area contributed by atoms with Crippen LogP contribution in [0.5, 0.6) is 0 Å². The topological polar surface area (TPSA) is 77.8 Å². The highest BCUT2D eigenvalue weighted by Gasteiger charge is 2.26. The maximum atomic E-state index is 13.3. The molecule has 2 aromatic carbocycles. The molecule has 0 heterocycles. The maximum absolute atomic E-state index is 13.3. The minimum absolute atomic E-state index is 0.0626. The Morgan fingerprint density at radius 1 is 0.806 bits per heavy atom. The molecule has 0 saturated carbocycles. The predicted octanol–water partition coefficient (Wildman–Crippen LogP) is 4.43. The van der Waals surface area contributed by atoms with E-state index in [9.17, 15) is 9.59 Å². The molecule has 0 aliphatic carbocycles. The summed E-state index contributed by atoms with van der Waals surface area (Å²) < 4.78 is 0. The summed E-state index contributed by atoms with van der Waals surface area (Å²) >= 11 is 0. The van der Waals surface area contributed by atoms with Gasteiger partial charge in [0.15, 0.2) is 5.78 Å². The van der Waals surface area contributed by atoms with Crippen LogP contribution in [0.25, 0.3) is 0 Å². The molecular weight excluding hydrogens is 454 g/mol. The molecule has 8 nitrogen and oxygen atoms in total. The highest BCUT2D eigenvalue weighted by atomic mass is 16.7. The van der Waals surface area contributed by atoms with Crippen molar-refractivity contribution in [1.29, 1.82) is 0 Å². The first-order valence-electron chi connectivity index (χ1n) is 12.1. The summed E-state index contributed by atoms with van der Waals surface area (Å²) in [6.07, 6.45) is 0. The standard InChI is InChI=1S/C28H39N5O3/c1-19(2)29-27(30-28(31(6)7)32(8)9)33(20(3)4)36-26(35)21(5)23-16-13-17-24(18-23)25(34)22-14-11-10-12-15-22/h10-21H,1-9H3. The lowest BCUT2D eigenvalue weighted by atomic mass is 9.96. The van der Waals surface area contributed by atoms with E-state index in [1.54, 1.807) is 37.3 Å². The van der Waals surface area contributed by atoms with Gasteiger partial charge in [0.05, 0.1) is 12.0 Å². The highest BCUT2D eigenvalue weighted by Crippen LogP contribution is 2.21. The number of hydrogen-bond acceptors (Lipinski definition) is 4. The Bertz CT molecular complexity index is 1080. The third-order valence-electron chi connectivity index (χ3n) is 5.27. The lowest BCUT2D eigenvalue weighted by Crippen LogP contribution is -2.43. The minimum atomic E-state index is -0.610. The Morgan fingerprint density at radius 2 is 1.39 bits per heavy atom. The molecule has 0 aliphatic rings. The van der Waals surface area contributed by atoms with E-state index in [4.69, 9.17) is 9.83 Å². The second kappa shape index (κ2) is 12.9. The second-order valence-electron chi connectivity index (χ2n) is 9.60. The minimum Gasteiger partial charge on any atom is -0.349 e. The normalized spacial score (nSPS) is 12.2. The Kier molecular flexibility index (Phi) is 10.2. The van der Waals surface area contributed by atoms with Crippen LogP contribution >= 0.6 is 0 Å². The number of hydrogen-bond donors (Lipinski definition) is 0. The van der Waals surface area contributed by atoms with E-state index < -0.39 is 11.9 Å². The summed E-state index contributed by atoms with van der Waals surface area (Å²) in [6.45, 7) is 9.47. The molecule has 0 radical (unpaired) electrons. The van der Waals surface area contributed by atoms with E-state index in [1.807, 2.05) is 90.0 Å². The molecule has 1 unspecified atom stereocenters. The van der Waals surface area contributed by atoms with Gasteiger partial charge in [-0.05, 0) is 46.2 Å². The first-order valence-corrected chi connectivity index (χ1v) is 12.1. The predicted molar refractivity (Wildman–Crippen MR) is 145 cm³/mol. The summed E-state index contributed by atoms with van der Waals surface area (Å²) in [5.74, 6) is -0.193. The number of nitrogens with zero attached hydrogens (tertiary/aromatic N) is 5. The van der Waals surface area contributed by atoms with Gasteiger partial charge in [-0.1, -0.05) is 48.5 Å². The molecule has 0 saturated heterocycles. The number of benzene rings is 2. The third kappa shape index (κ3) is 7.66. The number of carbonyl (C=O) groups is 2. The molecular formula is C28H39N5O3. The van der Waals surface area contributed by atoms with Gasteiger partial charge in [-0.15, -0.1) is 0 Å². The van der Waals surface area contributed by atoms with Crippen LogP contribution in [0.15, 0.2) is 64.6 Å². The van der Waals surface area contributed by atoms with Crippen LogP contribution in [0.4, 0.5) is 0 Å². The lowest BCUT2D eigenvalue weighted by molar-refractivity contribution is -0.180. The van der Waals surface area contributed by atoms with Gasteiger partial charge in [0, 0.05) is 45.4 Å². The van der Waals surface area contributed by atoms with Crippen molar-refractivity contribution in [3.63, 3.8) is 0 Å². The maximum Gasteiger partial charge on any atom is 0.339 e. The van der Waals surface area contributed by atoms with Crippen LogP contribution in [0, 0.1) is 0 Å². The van der Waals surface area contributed by atoms with E-state index in [-0.39, 0.29) is 17.9 Å². The highest BCUT2D eigenvalue weighted by molar-refractivity contribution is 6.09. The molecule has 2 rings (SSSR count). The van der Waals surface area contributed by atoms with Crippen LogP contribution in [0.2, 0.25) is 0 Å². The van der Waals surface area contributed by atoms with Crippen molar-refractivity contribution in [2.24, 2.45) is 9.98 Å². The van der Waals surface area contributed by atoms with Crippen molar-refractivity contribution >= 4 is 23.7 Å². The average molecular weight is 494 g/mol. The van der Waals surface area contributed by atoms with Crippen molar-refractivity contribution in [2.45, 2.75) is 52.6 Å². The second-order valence-corrected chi connectivity index (χ2v) is 9.60. The zero-order valence-electron chi connectivity index (χ0n) is 22.9. The van der Waals surface area contributed by atoms with Gasteiger partial charge in [-0.3, -0.25) is 4.79 Å². The molecule has 2 aromatic rings. The van der Waals surface area contributed by atoms with E-state index in [0.717, 1.165) is 0 Å². The largest absolute Gasteiger partial charge is 0.349 e. The van der Waals surface area contributed by atoms with E-state index in [0.29, 0.717) is 28.6 Å². The summed E-state index contributed by atoms with van der Waals surface area (Å²) in [5, 5.41) is 1.45. The molecule has 0 aromatic heterocycles. The average Bonchev–Trinajstić information content (AvgIpc) is 2.83. The number of carbonyl (C=O) groups excluding carboxylic acids is 2. The first-order chi connectivity index (χ1) is 16.9. The molecule has 8 heteroatoms. The van der Waals surface area contributed by atoms with Gasteiger partial charge in [-0.25, -0.2) is 9.79 Å². The lowest BCUT2D eigenvalue weighted by Gasteiger charge is -2.29. The molecule has 0 amide bonds. The fraction of sp³-hybridized carbons (Fsp3) is 0.429. The van der Waals surface area contributed by atoms with E-state index in [1.165, 1.54) is 5.06 Å². The summed E-state index contributed by atoms with van der Waals surface area (Å²) in [5.41, 5.74) is 1.81. The molecule has 1 atom stereocenters. The molecule has 0 N–H and O–H groups in total. The van der Waals surface area contributed by atoms with Crippen LogP contribution in [0.3, 0.4) is 0 Å². The molecule has 0 aliphatic heterocycles. The fourth-order valence-corrected chi connectivity index (χ4v) is 3.45. The van der Waals surface area contributed by atoms with Crippen molar-refractivity contribution in [3.8, 4) is 0 Å². The first kappa shape index (κ1) is 28.6. The SMILES string of the molecule is CC(C)N=C(N=C(N(C)C)N(C)C)N(OC(=O)C(C)c1cccc(C(=O)c2ccccc2)c1)C(C)C. The molecule has 194 valence electrons. The van der Waals surface area contributed by atoms with Gasteiger partial charge < -0.3 is 14.6 Å². The van der Waals surface area contributed by atoms with Crippen molar-refractivity contribution in [2.75, 3.05) is 28.2 Å². The van der Waals surface area contributed by atoms with Crippen LogP contribution < -0.4 is 0 Å². The Morgan fingerprint density at radius 3 is 1.92 bits per heavy atom. The quantitative estimate of drug-likeness (QED) is 0.256. The molecule has 0 bridgehead atoms. The molecule has 36 heavy (non-hydrogen) atoms. The van der Waals surface area contributed by atoms with E-state index >= 15 is 0 Å². The summed E-state index contributed by atoms with van der Waals surface area (Å²) in [7, 11) is 7.57. The van der Waals surface area contributed by atoms with Crippen LogP contribution in [-0.4, -0.2) is 78.8 Å². The van der Waals surface area contributed by atoms with Gasteiger partial charge in [0.25, 0.3) is 5.96 Å². The van der Waals surface area contributed by atoms with E-state index in [2.05, 4.69) is 4.99 Å². The fourth-order valence-electron chi connectivity index (χ4n) is 3.45. The Hall–Kier alpha value is -3.68. The third-order valence-corrected chi connectivity index (χ3v) is 5.27. The summed E-state index contributed by atoms with van der Waals surface area (Å²) in [4.78, 5) is 45.1. The number of rotatable bonds is 6. The van der Waals surface area contributed by atoms with Gasteiger partial charge in [0.1, 0.15) is 0 Å². The van der Waals surface area contributed by atoms with Crippen molar-refractivity contribution in [3.05, 3.63) is 71.3 Å². The zero-order chi connectivity index (χ0) is 27.0. The summed E-state index contributed by atoms with van der Waals surface area (Å²) in [6, 6.07) is 15.9. The van der Waals surface area contributed by atoms with Crippen LogP contribution in [-0.2, 0) is 9.63 Å². The number of aliphatic imine (C=N–C) groups is 2. The van der Waals surface area contributed by atoms with Crippen molar-refractivity contribution in [1.82, 2.24) is 14.9 Å². The Labute approximate surface area is 215 Å². The molecule has 0 spiro atoms. The number of guanidine groups is 2. The van der Waals surface area contributed by atoms with Gasteiger partial charge in [0.2, 0.25) is 5.96 Å². The number of ketones is 1. The van der Waals surface area contributed by atoms with Gasteiger partial charge >= 0.3 is 5.97 Å². The monoisotopic (exact) mass is 493 g/mol. The van der Waals surface area contributed by atoms with Gasteiger partial charge in [-0.2, -0.15) is 10.1 Å². The van der Waals surface area contributed by atoms with Crippen LogP contribution in [0.1, 0.15) is 62.0 Å². The Balaban J connectivity index is 2.34. The zero-order valence-corrected chi connectivity index (χ0v) is 22.9. The van der Waals surface area contributed by atoms with Crippen molar-refractivity contribution < 1.29 is 14.4 Å². The number of hydroxylamine groups is 2.